The number of nitriles is 1. The highest BCUT2D eigenvalue weighted by Crippen LogP contribution is 2.40. The number of hydrogen-bond donors (Lipinski definition) is 3. The van der Waals surface area contributed by atoms with Crippen molar-refractivity contribution in [3.8, 4) is 17.6 Å². The average molecular weight is 910 g/mol. The average Bonchev–Trinajstić information content (AvgIpc) is 3.44. The first-order valence-electron chi connectivity index (χ1n) is 21.0. The fourth-order valence-electron chi connectivity index (χ4n) is 6.92. The van der Waals surface area contributed by atoms with Gasteiger partial charge in [-0.05, 0) is 131 Å². The SMILES string of the molecule is CC1(C)C(=O)N(c2ccc(C#N)c(C(F)(F)F)c2)C(=S)N1c1ccc(C(=O)NCCCCCCOCCCCCNCC(O)COc2cccc(OCc3ccc(F)cc3)c2)c(F)c1. The fraction of sp³-hybridized carbons (Fsp3) is 0.404. The minimum absolute atomic E-state index is 0.127. The first-order valence-corrected chi connectivity index (χ1v) is 21.5. The molecular formula is C47H52F5N5O6S. The highest BCUT2D eigenvalue weighted by Gasteiger charge is 2.51. The van der Waals surface area contributed by atoms with E-state index in [1.165, 1.54) is 55.1 Å². The molecule has 4 aromatic carbocycles. The summed E-state index contributed by atoms with van der Waals surface area (Å²) in [4.78, 5) is 28.5. The molecule has 342 valence electrons. The Balaban J connectivity index is 0.896. The molecule has 1 atom stereocenters. The molecule has 1 unspecified atom stereocenters. The van der Waals surface area contributed by atoms with E-state index in [2.05, 4.69) is 10.6 Å². The molecule has 17 heteroatoms. The van der Waals surface area contributed by atoms with E-state index in [0.29, 0.717) is 56.9 Å². The van der Waals surface area contributed by atoms with Crippen molar-refractivity contribution in [1.29, 1.82) is 5.26 Å². The van der Waals surface area contributed by atoms with Crippen molar-refractivity contribution in [2.75, 3.05) is 49.3 Å². The van der Waals surface area contributed by atoms with Crippen LogP contribution in [0, 0.1) is 23.0 Å². The van der Waals surface area contributed by atoms with Crippen molar-refractivity contribution < 1.29 is 50.9 Å². The second-order valence-electron chi connectivity index (χ2n) is 15.7. The maximum absolute atomic E-state index is 15.3. The van der Waals surface area contributed by atoms with Crippen LogP contribution in [0.25, 0.3) is 0 Å². The Morgan fingerprint density at radius 1 is 0.859 bits per heavy atom. The van der Waals surface area contributed by atoms with Crippen LogP contribution >= 0.6 is 12.2 Å². The zero-order valence-electron chi connectivity index (χ0n) is 35.7. The summed E-state index contributed by atoms with van der Waals surface area (Å²) in [5, 5.41) is 25.3. The number of halogens is 5. The molecule has 0 aromatic heterocycles. The molecule has 5 rings (SSSR count). The lowest BCUT2D eigenvalue weighted by Gasteiger charge is -2.29. The van der Waals surface area contributed by atoms with Crippen LogP contribution in [-0.4, -0.2) is 73.1 Å². The van der Waals surface area contributed by atoms with Crippen molar-refractivity contribution in [3.05, 3.63) is 119 Å². The maximum atomic E-state index is 15.3. The number of rotatable bonds is 24. The molecule has 1 saturated heterocycles. The number of ether oxygens (including phenoxy) is 3. The lowest BCUT2D eigenvalue weighted by atomic mass is 10.0. The van der Waals surface area contributed by atoms with Gasteiger partial charge in [0.1, 0.15) is 48.0 Å². The summed E-state index contributed by atoms with van der Waals surface area (Å²) in [6.07, 6.45) is 0.572. The summed E-state index contributed by atoms with van der Waals surface area (Å²) >= 11 is 5.52. The summed E-state index contributed by atoms with van der Waals surface area (Å²) in [6, 6.07) is 21.3. The maximum Gasteiger partial charge on any atom is 0.417 e. The number of amides is 2. The third-order valence-electron chi connectivity index (χ3n) is 10.4. The van der Waals surface area contributed by atoms with E-state index >= 15 is 4.39 Å². The first-order chi connectivity index (χ1) is 30.6. The van der Waals surface area contributed by atoms with E-state index < -0.39 is 46.6 Å². The van der Waals surface area contributed by atoms with Crippen LogP contribution in [0.4, 0.5) is 33.3 Å². The van der Waals surface area contributed by atoms with Crippen LogP contribution in [0.3, 0.4) is 0 Å². The normalized spacial score (nSPS) is 14.1. The van der Waals surface area contributed by atoms with Crippen LogP contribution < -0.4 is 29.9 Å². The minimum Gasteiger partial charge on any atom is -0.491 e. The van der Waals surface area contributed by atoms with Crippen LogP contribution in [0.5, 0.6) is 11.5 Å². The summed E-state index contributed by atoms with van der Waals surface area (Å²) in [5.74, 6) is -1.25. The van der Waals surface area contributed by atoms with Crippen LogP contribution in [-0.2, 0) is 22.3 Å². The van der Waals surface area contributed by atoms with E-state index in [1.54, 1.807) is 36.4 Å². The lowest BCUT2D eigenvalue weighted by Crippen LogP contribution is -2.44. The predicted octanol–water partition coefficient (Wildman–Crippen LogP) is 8.86. The van der Waals surface area contributed by atoms with E-state index in [0.717, 1.165) is 67.7 Å². The largest absolute Gasteiger partial charge is 0.491 e. The third-order valence-corrected chi connectivity index (χ3v) is 10.8. The molecule has 11 nitrogen and oxygen atoms in total. The van der Waals surface area contributed by atoms with Gasteiger partial charge in [-0.2, -0.15) is 18.4 Å². The summed E-state index contributed by atoms with van der Waals surface area (Å²) in [5.41, 5.74) is -2.67. The van der Waals surface area contributed by atoms with Gasteiger partial charge in [0, 0.05) is 38.1 Å². The van der Waals surface area contributed by atoms with Crippen molar-refractivity contribution >= 4 is 40.5 Å². The van der Waals surface area contributed by atoms with Gasteiger partial charge in [0.15, 0.2) is 5.11 Å². The molecule has 2 amide bonds. The standard InChI is InChI=1S/C47H52F5N5O6S/c1-46(2)44(60)56(35-18-15-33(28-53)41(25-35)47(50,51)52)45(64)57(46)36-19-20-40(42(49)26-36)43(59)55-22-7-3-4-8-23-61-24-9-5-6-21-54-29-37(58)31-63-39-12-10-11-38(27-39)62-30-32-13-16-34(48)17-14-32/h10-20,25-27,37,54,58H,3-9,21-24,29-31H2,1-2H3,(H,55,59). The van der Waals surface area contributed by atoms with Gasteiger partial charge < -0.3 is 34.9 Å². The lowest BCUT2D eigenvalue weighted by molar-refractivity contribution is -0.137. The molecule has 1 aliphatic heterocycles. The van der Waals surface area contributed by atoms with E-state index in [-0.39, 0.29) is 34.5 Å². The number of aliphatic hydroxyl groups is 1. The van der Waals surface area contributed by atoms with Crippen LogP contribution in [0.1, 0.15) is 85.8 Å². The van der Waals surface area contributed by atoms with Gasteiger partial charge in [0.05, 0.1) is 28.4 Å². The molecule has 0 bridgehead atoms. The molecule has 0 radical (unpaired) electrons. The number of benzene rings is 4. The molecule has 0 aliphatic carbocycles. The molecular weight excluding hydrogens is 858 g/mol. The monoisotopic (exact) mass is 909 g/mol. The van der Waals surface area contributed by atoms with E-state index in [4.69, 9.17) is 31.7 Å². The van der Waals surface area contributed by atoms with Crippen molar-refractivity contribution in [1.82, 2.24) is 10.6 Å². The Hall–Kier alpha value is -5.67. The molecule has 1 heterocycles. The number of carbonyl (C=O) groups is 2. The highest BCUT2D eigenvalue weighted by molar-refractivity contribution is 7.81. The molecule has 3 N–H and O–H groups in total. The molecule has 64 heavy (non-hydrogen) atoms. The number of thiocarbonyl (C=S) groups is 1. The molecule has 1 aliphatic rings. The van der Waals surface area contributed by atoms with Gasteiger partial charge in [-0.3, -0.25) is 14.5 Å². The Morgan fingerprint density at radius 3 is 2.20 bits per heavy atom. The van der Waals surface area contributed by atoms with Gasteiger partial charge in [-0.25, -0.2) is 8.78 Å². The number of aliphatic hydroxyl groups excluding tert-OH is 1. The van der Waals surface area contributed by atoms with Crippen molar-refractivity contribution in [2.45, 2.75) is 83.2 Å². The Bertz CT molecular complexity index is 2250. The number of unbranched alkanes of at least 4 members (excludes halogenated alkanes) is 5. The zero-order chi connectivity index (χ0) is 46.3. The Labute approximate surface area is 375 Å². The smallest absolute Gasteiger partial charge is 0.417 e. The van der Waals surface area contributed by atoms with Crippen LogP contribution in [0.15, 0.2) is 84.9 Å². The zero-order valence-corrected chi connectivity index (χ0v) is 36.5. The number of nitrogens with zero attached hydrogens (tertiary/aromatic N) is 3. The highest BCUT2D eigenvalue weighted by atomic mass is 32.1. The van der Waals surface area contributed by atoms with Gasteiger partial charge in [-0.15, -0.1) is 0 Å². The first kappa shape index (κ1) is 49.3. The second kappa shape index (κ2) is 23.3. The Kier molecular flexibility index (Phi) is 18.0. The van der Waals surface area contributed by atoms with Gasteiger partial charge in [-0.1, -0.05) is 31.0 Å². The van der Waals surface area contributed by atoms with Gasteiger partial charge >= 0.3 is 6.18 Å². The summed E-state index contributed by atoms with van der Waals surface area (Å²) in [6.45, 7) is 6.18. The summed E-state index contributed by atoms with van der Waals surface area (Å²) in [7, 11) is 0. The van der Waals surface area contributed by atoms with Gasteiger partial charge in [0.2, 0.25) is 0 Å². The van der Waals surface area contributed by atoms with E-state index in [1.807, 2.05) is 0 Å². The Morgan fingerprint density at radius 2 is 1.52 bits per heavy atom. The predicted molar refractivity (Wildman–Crippen MR) is 236 cm³/mol. The molecule has 0 saturated carbocycles. The van der Waals surface area contributed by atoms with Crippen molar-refractivity contribution in [3.63, 3.8) is 0 Å². The number of carbonyl (C=O) groups excluding carboxylic acids is 2. The second-order valence-corrected chi connectivity index (χ2v) is 16.1. The van der Waals surface area contributed by atoms with Crippen LogP contribution in [0.2, 0.25) is 0 Å². The summed E-state index contributed by atoms with van der Waals surface area (Å²) < 4.78 is 86.7. The molecule has 4 aromatic rings. The van der Waals surface area contributed by atoms with Crippen molar-refractivity contribution in [2.24, 2.45) is 0 Å². The topological polar surface area (TPSA) is 136 Å². The number of nitrogens with one attached hydrogen (secondary N) is 2. The molecule has 1 fully saturated rings. The number of alkyl halides is 3. The quantitative estimate of drug-likeness (QED) is 0.0356. The minimum atomic E-state index is -4.85. The number of hydrogen-bond acceptors (Lipinski definition) is 9. The third kappa shape index (κ3) is 13.7. The van der Waals surface area contributed by atoms with Gasteiger partial charge in [0.25, 0.3) is 11.8 Å². The molecule has 0 spiro atoms. The van der Waals surface area contributed by atoms with E-state index in [9.17, 15) is 32.3 Å². The number of anilines is 2. The fourth-order valence-corrected chi connectivity index (χ4v) is 7.44.